The second-order valence-electron chi connectivity index (χ2n) is 4.70. The van der Waals surface area contributed by atoms with Gasteiger partial charge >= 0.3 is 5.97 Å². The summed E-state index contributed by atoms with van der Waals surface area (Å²) in [7, 11) is 0. The minimum absolute atomic E-state index is 0.0978. The Hall–Kier alpha value is -2.25. The standard InChI is InChI=1S/C16H13BrN2O3S/c1-9-12(15(21)22)6-3-7-13(9)18-16(23)19-14(20)10-4-2-5-11(17)8-10/h2-8H,1H3,(H,21,22)(H2,18,19,20,23). The first-order valence-electron chi connectivity index (χ1n) is 6.59. The van der Waals surface area contributed by atoms with E-state index in [0.717, 1.165) is 4.47 Å². The van der Waals surface area contributed by atoms with Gasteiger partial charge in [-0.1, -0.05) is 28.1 Å². The lowest BCUT2D eigenvalue weighted by Crippen LogP contribution is -2.34. The number of carboxylic acid groups (broad SMARTS) is 1. The van der Waals surface area contributed by atoms with Crippen molar-refractivity contribution in [1.29, 1.82) is 0 Å². The van der Waals surface area contributed by atoms with E-state index in [2.05, 4.69) is 26.6 Å². The number of nitrogens with one attached hydrogen (secondary N) is 2. The first-order valence-corrected chi connectivity index (χ1v) is 7.79. The summed E-state index contributed by atoms with van der Waals surface area (Å²) in [6, 6.07) is 11.7. The van der Waals surface area contributed by atoms with E-state index in [-0.39, 0.29) is 16.6 Å². The second-order valence-corrected chi connectivity index (χ2v) is 6.03. The van der Waals surface area contributed by atoms with Gasteiger partial charge in [-0.15, -0.1) is 0 Å². The molecule has 2 aromatic carbocycles. The monoisotopic (exact) mass is 392 g/mol. The van der Waals surface area contributed by atoms with Crippen LogP contribution in [0, 0.1) is 6.92 Å². The maximum atomic E-state index is 12.1. The highest BCUT2D eigenvalue weighted by Gasteiger charge is 2.12. The number of carbonyl (C=O) groups excluding carboxylic acids is 1. The van der Waals surface area contributed by atoms with Crippen molar-refractivity contribution < 1.29 is 14.7 Å². The Balaban J connectivity index is 2.10. The number of benzene rings is 2. The number of rotatable bonds is 3. The van der Waals surface area contributed by atoms with Crippen molar-refractivity contribution in [1.82, 2.24) is 5.32 Å². The molecule has 0 atom stereocenters. The maximum absolute atomic E-state index is 12.1. The summed E-state index contributed by atoms with van der Waals surface area (Å²) < 4.78 is 0.786. The minimum Gasteiger partial charge on any atom is -0.478 e. The Kier molecular flexibility index (Phi) is 5.46. The van der Waals surface area contributed by atoms with Crippen LogP contribution in [0.25, 0.3) is 0 Å². The maximum Gasteiger partial charge on any atom is 0.336 e. The molecule has 0 aliphatic heterocycles. The Morgan fingerprint density at radius 3 is 2.52 bits per heavy atom. The number of thiocarbonyl (C=S) groups is 1. The lowest BCUT2D eigenvalue weighted by Gasteiger charge is -2.13. The fourth-order valence-corrected chi connectivity index (χ4v) is 2.56. The van der Waals surface area contributed by atoms with Crippen molar-refractivity contribution in [3.8, 4) is 0 Å². The van der Waals surface area contributed by atoms with Crippen molar-refractivity contribution in [3.05, 3.63) is 63.6 Å². The van der Waals surface area contributed by atoms with Crippen LogP contribution in [0.3, 0.4) is 0 Å². The van der Waals surface area contributed by atoms with Crippen molar-refractivity contribution >= 4 is 50.8 Å². The van der Waals surface area contributed by atoms with E-state index >= 15 is 0 Å². The topological polar surface area (TPSA) is 78.4 Å². The van der Waals surface area contributed by atoms with Crippen LogP contribution in [0.4, 0.5) is 5.69 Å². The van der Waals surface area contributed by atoms with Gasteiger partial charge in [0, 0.05) is 15.7 Å². The molecule has 0 aliphatic carbocycles. The van der Waals surface area contributed by atoms with E-state index in [1.54, 1.807) is 37.3 Å². The number of halogens is 1. The fraction of sp³-hybridized carbons (Fsp3) is 0.0625. The van der Waals surface area contributed by atoms with Gasteiger partial charge in [0.15, 0.2) is 5.11 Å². The molecule has 5 nitrogen and oxygen atoms in total. The molecule has 0 fully saturated rings. The Bertz CT molecular complexity index is 793. The summed E-state index contributed by atoms with van der Waals surface area (Å²) >= 11 is 8.41. The summed E-state index contributed by atoms with van der Waals surface area (Å²) in [6.45, 7) is 1.67. The van der Waals surface area contributed by atoms with Gasteiger partial charge in [-0.05, 0) is 55.0 Å². The molecule has 3 N–H and O–H groups in total. The summed E-state index contributed by atoms with van der Waals surface area (Å²) in [5.74, 6) is -1.37. The lowest BCUT2D eigenvalue weighted by atomic mass is 10.1. The first kappa shape index (κ1) is 17.1. The highest BCUT2D eigenvalue weighted by molar-refractivity contribution is 9.10. The third-order valence-electron chi connectivity index (χ3n) is 3.13. The number of aromatic carboxylic acids is 1. The average molecular weight is 393 g/mol. The van der Waals surface area contributed by atoms with Crippen LogP contribution >= 0.6 is 28.1 Å². The molecule has 0 saturated heterocycles. The molecule has 2 aromatic rings. The summed E-state index contributed by atoms with van der Waals surface area (Å²) in [5.41, 5.74) is 1.71. The van der Waals surface area contributed by atoms with Crippen molar-refractivity contribution in [2.75, 3.05) is 5.32 Å². The van der Waals surface area contributed by atoms with Crippen molar-refractivity contribution in [2.24, 2.45) is 0 Å². The van der Waals surface area contributed by atoms with Crippen LogP contribution in [-0.4, -0.2) is 22.1 Å². The Labute approximate surface area is 146 Å². The van der Waals surface area contributed by atoms with Gasteiger partial charge in [0.25, 0.3) is 5.91 Å². The molecular weight excluding hydrogens is 380 g/mol. The summed E-state index contributed by atoms with van der Waals surface area (Å²) in [5, 5.41) is 14.6. The fourth-order valence-electron chi connectivity index (χ4n) is 1.96. The number of anilines is 1. The zero-order valence-electron chi connectivity index (χ0n) is 12.1. The van der Waals surface area contributed by atoms with Crippen molar-refractivity contribution in [2.45, 2.75) is 6.92 Å². The molecule has 1 amide bonds. The van der Waals surface area contributed by atoms with Crippen LogP contribution in [0.15, 0.2) is 46.9 Å². The molecule has 0 spiro atoms. The molecule has 118 valence electrons. The SMILES string of the molecule is Cc1c(NC(=S)NC(=O)c2cccc(Br)c2)cccc1C(=O)O. The summed E-state index contributed by atoms with van der Waals surface area (Å²) in [6.07, 6.45) is 0. The number of carbonyl (C=O) groups is 2. The molecule has 0 radical (unpaired) electrons. The van der Waals surface area contributed by atoms with E-state index < -0.39 is 5.97 Å². The predicted octanol–water partition coefficient (Wildman–Crippen LogP) is 3.58. The van der Waals surface area contributed by atoms with Crippen LogP contribution in [-0.2, 0) is 0 Å². The normalized spacial score (nSPS) is 10.0. The van der Waals surface area contributed by atoms with E-state index in [1.807, 2.05) is 6.07 Å². The molecular formula is C16H13BrN2O3S. The largest absolute Gasteiger partial charge is 0.478 e. The van der Waals surface area contributed by atoms with E-state index in [4.69, 9.17) is 17.3 Å². The number of amides is 1. The molecule has 0 bridgehead atoms. The van der Waals surface area contributed by atoms with Gasteiger partial charge in [0.05, 0.1) is 5.56 Å². The van der Waals surface area contributed by atoms with Crippen LogP contribution in [0.2, 0.25) is 0 Å². The van der Waals surface area contributed by atoms with Gasteiger partial charge in [0.2, 0.25) is 0 Å². The van der Waals surface area contributed by atoms with Crippen LogP contribution < -0.4 is 10.6 Å². The lowest BCUT2D eigenvalue weighted by molar-refractivity contribution is 0.0696. The van der Waals surface area contributed by atoms with Crippen molar-refractivity contribution in [3.63, 3.8) is 0 Å². The van der Waals surface area contributed by atoms with Gasteiger partial charge in [-0.3, -0.25) is 10.1 Å². The smallest absolute Gasteiger partial charge is 0.336 e. The second kappa shape index (κ2) is 7.34. The van der Waals surface area contributed by atoms with E-state index in [0.29, 0.717) is 16.8 Å². The quantitative estimate of drug-likeness (QED) is 0.695. The zero-order valence-corrected chi connectivity index (χ0v) is 14.5. The molecule has 0 aliphatic rings. The molecule has 0 unspecified atom stereocenters. The molecule has 2 rings (SSSR count). The number of carboxylic acids is 1. The Morgan fingerprint density at radius 2 is 1.87 bits per heavy atom. The number of hydrogen-bond acceptors (Lipinski definition) is 3. The first-order chi connectivity index (χ1) is 10.9. The van der Waals surface area contributed by atoms with Gasteiger partial charge in [0.1, 0.15) is 0 Å². The predicted molar refractivity (Wildman–Crippen MR) is 96.0 cm³/mol. The molecule has 0 saturated carbocycles. The highest BCUT2D eigenvalue weighted by atomic mass is 79.9. The molecule has 7 heteroatoms. The number of hydrogen-bond donors (Lipinski definition) is 3. The summed E-state index contributed by atoms with van der Waals surface area (Å²) in [4.78, 5) is 23.2. The minimum atomic E-state index is -1.02. The van der Waals surface area contributed by atoms with Crippen LogP contribution in [0.1, 0.15) is 26.3 Å². The molecule has 23 heavy (non-hydrogen) atoms. The zero-order chi connectivity index (χ0) is 17.0. The molecule has 0 aromatic heterocycles. The third kappa shape index (κ3) is 4.37. The van der Waals surface area contributed by atoms with Gasteiger partial charge < -0.3 is 10.4 Å². The van der Waals surface area contributed by atoms with Gasteiger partial charge in [-0.25, -0.2) is 4.79 Å². The van der Waals surface area contributed by atoms with Crippen LogP contribution in [0.5, 0.6) is 0 Å². The Morgan fingerprint density at radius 1 is 1.17 bits per heavy atom. The van der Waals surface area contributed by atoms with E-state index in [9.17, 15) is 9.59 Å². The average Bonchev–Trinajstić information content (AvgIpc) is 2.49. The van der Waals surface area contributed by atoms with E-state index in [1.165, 1.54) is 6.07 Å². The van der Waals surface area contributed by atoms with Gasteiger partial charge in [-0.2, -0.15) is 0 Å². The molecule has 0 heterocycles. The third-order valence-corrected chi connectivity index (χ3v) is 3.82. The highest BCUT2D eigenvalue weighted by Crippen LogP contribution is 2.19.